The first-order valence-electron chi connectivity index (χ1n) is 8.36. The smallest absolute Gasteiger partial charge is 0.224 e. The Labute approximate surface area is 141 Å². The minimum atomic E-state index is -0.0876. The van der Waals surface area contributed by atoms with Crippen LogP contribution >= 0.6 is 0 Å². The molecule has 6 nitrogen and oxygen atoms in total. The zero-order chi connectivity index (χ0) is 17.3. The second-order valence-corrected chi connectivity index (χ2v) is 6.81. The monoisotopic (exact) mass is 328 g/mol. The lowest BCUT2D eigenvalue weighted by molar-refractivity contribution is -0.130. The van der Waals surface area contributed by atoms with E-state index >= 15 is 0 Å². The number of benzene rings is 1. The third-order valence-corrected chi connectivity index (χ3v) is 4.89. The fraction of sp³-hybridized carbons (Fsp3) is 0.500. The average Bonchev–Trinajstić information content (AvgIpc) is 2.96. The van der Waals surface area contributed by atoms with Gasteiger partial charge in [-0.25, -0.2) is 0 Å². The highest BCUT2D eigenvalue weighted by atomic mass is 16.2. The summed E-state index contributed by atoms with van der Waals surface area (Å²) in [4.78, 5) is 28.5. The lowest BCUT2D eigenvalue weighted by Gasteiger charge is -2.22. The Morgan fingerprint density at radius 2 is 2.04 bits per heavy atom. The van der Waals surface area contributed by atoms with Gasteiger partial charge in [0.15, 0.2) is 0 Å². The molecule has 0 N–H and O–H groups in total. The standard InChI is InChI=1S/C18H24N4O2/c1-13-11-21(12-16(13)20(2)3)18(24)8-9-22-15-7-5-4-6-14(15)17(23)10-19-22/h4-7,10,13,16H,8-9,11-12H2,1-3H3/t13-,16-/m0/s1. The van der Waals surface area contributed by atoms with Crippen molar-refractivity contribution < 1.29 is 4.79 Å². The molecule has 0 unspecified atom stereocenters. The number of carbonyl (C=O) groups excluding carboxylic acids is 1. The van der Waals surface area contributed by atoms with Crippen molar-refractivity contribution in [1.82, 2.24) is 19.6 Å². The molecular formula is C18H24N4O2. The maximum Gasteiger partial charge on any atom is 0.224 e. The van der Waals surface area contributed by atoms with Crippen molar-refractivity contribution in [3.05, 3.63) is 40.7 Å². The van der Waals surface area contributed by atoms with Crippen LogP contribution in [0, 0.1) is 5.92 Å². The fourth-order valence-corrected chi connectivity index (χ4v) is 3.52. The van der Waals surface area contributed by atoms with E-state index in [1.54, 1.807) is 10.7 Å². The Kier molecular flexibility index (Phi) is 4.66. The molecule has 1 aromatic carbocycles. The van der Waals surface area contributed by atoms with E-state index in [1.807, 2.05) is 23.1 Å². The highest BCUT2D eigenvalue weighted by molar-refractivity contribution is 5.79. The van der Waals surface area contributed by atoms with E-state index in [1.165, 1.54) is 6.20 Å². The maximum atomic E-state index is 12.5. The number of fused-ring (bicyclic) bond motifs is 1. The molecule has 1 aromatic heterocycles. The van der Waals surface area contributed by atoms with Gasteiger partial charge in [-0.1, -0.05) is 19.1 Å². The van der Waals surface area contributed by atoms with Crippen LogP contribution in [0.2, 0.25) is 0 Å². The minimum absolute atomic E-state index is 0.0876. The summed E-state index contributed by atoms with van der Waals surface area (Å²) in [6, 6.07) is 7.80. The maximum absolute atomic E-state index is 12.5. The van der Waals surface area contributed by atoms with Crippen LogP contribution in [-0.4, -0.2) is 58.7 Å². The molecule has 0 saturated carbocycles. The molecule has 24 heavy (non-hydrogen) atoms. The van der Waals surface area contributed by atoms with Gasteiger partial charge < -0.3 is 9.80 Å². The van der Waals surface area contributed by atoms with E-state index in [-0.39, 0.29) is 11.3 Å². The van der Waals surface area contributed by atoms with Gasteiger partial charge in [0.05, 0.1) is 18.3 Å². The Bertz CT molecular complexity index is 799. The van der Waals surface area contributed by atoms with Gasteiger partial charge in [-0.2, -0.15) is 5.10 Å². The molecule has 1 fully saturated rings. The van der Waals surface area contributed by atoms with E-state index in [2.05, 4.69) is 31.0 Å². The molecule has 6 heteroatoms. The number of likely N-dealkylation sites (tertiary alicyclic amines) is 1. The van der Waals surface area contributed by atoms with E-state index < -0.39 is 0 Å². The number of rotatable bonds is 4. The quantitative estimate of drug-likeness (QED) is 0.846. The molecule has 1 saturated heterocycles. The lowest BCUT2D eigenvalue weighted by Crippen LogP contribution is -2.36. The summed E-state index contributed by atoms with van der Waals surface area (Å²) in [6.45, 7) is 4.26. The van der Waals surface area contributed by atoms with Gasteiger partial charge >= 0.3 is 0 Å². The van der Waals surface area contributed by atoms with E-state index in [0.29, 0.717) is 30.3 Å². The number of aromatic nitrogens is 2. The first-order valence-corrected chi connectivity index (χ1v) is 8.36. The van der Waals surface area contributed by atoms with E-state index in [4.69, 9.17) is 0 Å². The van der Waals surface area contributed by atoms with Crippen LogP contribution in [0.15, 0.2) is 35.3 Å². The number of aryl methyl sites for hydroxylation is 1. The SMILES string of the molecule is C[C@H]1CN(C(=O)CCn2ncc(=O)c3ccccc32)C[C@@H]1N(C)C. The summed E-state index contributed by atoms with van der Waals surface area (Å²) in [5.74, 6) is 0.631. The van der Waals surface area contributed by atoms with Crippen LogP contribution in [0.5, 0.6) is 0 Å². The van der Waals surface area contributed by atoms with Gasteiger partial charge in [0.25, 0.3) is 0 Å². The number of para-hydroxylation sites is 1. The number of hydrogen-bond acceptors (Lipinski definition) is 4. The van der Waals surface area contributed by atoms with Crippen LogP contribution in [0.3, 0.4) is 0 Å². The molecule has 0 radical (unpaired) electrons. The van der Waals surface area contributed by atoms with Crippen LogP contribution < -0.4 is 5.43 Å². The van der Waals surface area contributed by atoms with Crippen molar-refractivity contribution in [2.45, 2.75) is 25.9 Å². The molecule has 2 aromatic rings. The molecule has 128 valence electrons. The average molecular weight is 328 g/mol. The zero-order valence-corrected chi connectivity index (χ0v) is 14.5. The summed E-state index contributed by atoms with van der Waals surface area (Å²) in [6.07, 6.45) is 1.72. The van der Waals surface area contributed by atoms with Crippen molar-refractivity contribution in [2.75, 3.05) is 27.2 Å². The first kappa shape index (κ1) is 16.6. The molecule has 0 aliphatic carbocycles. The summed E-state index contributed by atoms with van der Waals surface area (Å²) in [5, 5.41) is 4.83. The molecule has 1 amide bonds. The molecule has 1 aliphatic heterocycles. The van der Waals surface area contributed by atoms with Crippen molar-refractivity contribution in [3.8, 4) is 0 Å². The number of hydrogen-bond donors (Lipinski definition) is 0. The van der Waals surface area contributed by atoms with Crippen molar-refractivity contribution in [2.24, 2.45) is 5.92 Å². The molecular weight excluding hydrogens is 304 g/mol. The molecule has 0 bridgehead atoms. The van der Waals surface area contributed by atoms with Crippen LogP contribution in [-0.2, 0) is 11.3 Å². The predicted molar refractivity (Wildman–Crippen MR) is 93.8 cm³/mol. The second kappa shape index (κ2) is 6.73. The third-order valence-electron chi connectivity index (χ3n) is 4.89. The van der Waals surface area contributed by atoms with Gasteiger partial charge in [0.1, 0.15) is 0 Å². The number of likely N-dealkylation sites (N-methyl/N-ethyl adjacent to an activating group) is 1. The van der Waals surface area contributed by atoms with Gasteiger partial charge in [0.2, 0.25) is 11.3 Å². The minimum Gasteiger partial charge on any atom is -0.341 e. The zero-order valence-electron chi connectivity index (χ0n) is 14.5. The van der Waals surface area contributed by atoms with Gasteiger partial charge in [-0.15, -0.1) is 0 Å². The lowest BCUT2D eigenvalue weighted by atomic mass is 10.1. The molecule has 2 heterocycles. The molecule has 3 rings (SSSR count). The Morgan fingerprint density at radius 3 is 2.75 bits per heavy atom. The van der Waals surface area contributed by atoms with Crippen LogP contribution in [0.25, 0.3) is 10.9 Å². The normalized spacial score (nSPS) is 20.9. The summed E-state index contributed by atoms with van der Waals surface area (Å²) in [7, 11) is 4.12. The Hall–Kier alpha value is -2.21. The predicted octanol–water partition coefficient (Wildman–Crippen LogP) is 1.20. The second-order valence-electron chi connectivity index (χ2n) is 6.81. The highest BCUT2D eigenvalue weighted by Crippen LogP contribution is 2.20. The molecule has 0 spiro atoms. The summed E-state index contributed by atoms with van der Waals surface area (Å²) in [5.41, 5.74) is 0.689. The van der Waals surface area contributed by atoms with Crippen molar-refractivity contribution >= 4 is 16.8 Å². The highest BCUT2D eigenvalue weighted by Gasteiger charge is 2.33. The van der Waals surface area contributed by atoms with Crippen molar-refractivity contribution in [3.63, 3.8) is 0 Å². The molecule has 2 atom stereocenters. The summed E-state index contributed by atoms with van der Waals surface area (Å²) < 4.78 is 1.75. The Balaban J connectivity index is 1.70. The van der Waals surface area contributed by atoms with Crippen LogP contribution in [0.1, 0.15) is 13.3 Å². The first-order chi connectivity index (χ1) is 11.5. The molecule has 1 aliphatic rings. The van der Waals surface area contributed by atoms with Crippen LogP contribution in [0.4, 0.5) is 0 Å². The van der Waals surface area contributed by atoms with Gasteiger partial charge in [-0.3, -0.25) is 14.3 Å². The van der Waals surface area contributed by atoms with Crippen molar-refractivity contribution in [1.29, 1.82) is 0 Å². The largest absolute Gasteiger partial charge is 0.341 e. The van der Waals surface area contributed by atoms with Gasteiger partial charge in [-0.05, 0) is 32.1 Å². The van der Waals surface area contributed by atoms with Gasteiger partial charge in [0, 0.05) is 30.9 Å². The van der Waals surface area contributed by atoms with E-state index in [0.717, 1.165) is 18.6 Å². The third kappa shape index (κ3) is 3.19. The Morgan fingerprint density at radius 1 is 1.29 bits per heavy atom. The topological polar surface area (TPSA) is 58.4 Å². The number of carbonyl (C=O) groups is 1. The fourth-order valence-electron chi connectivity index (χ4n) is 3.52. The number of amides is 1. The number of nitrogens with zero attached hydrogens (tertiary/aromatic N) is 4. The summed E-state index contributed by atoms with van der Waals surface area (Å²) >= 11 is 0. The van der Waals surface area contributed by atoms with E-state index in [9.17, 15) is 9.59 Å².